The van der Waals surface area contributed by atoms with Crippen LogP contribution >= 0.6 is 11.8 Å². The predicted octanol–water partition coefficient (Wildman–Crippen LogP) is -0.505. The van der Waals surface area contributed by atoms with Crippen molar-refractivity contribution in [3.8, 4) is 0 Å². The van der Waals surface area contributed by atoms with Gasteiger partial charge in [-0.25, -0.2) is 12.7 Å². The minimum absolute atomic E-state index is 0.0416. The average Bonchev–Trinajstić information content (AvgIpc) is 2.62. The second kappa shape index (κ2) is 9.63. The average molecular weight is 392 g/mol. The van der Waals surface area contributed by atoms with Crippen molar-refractivity contribution in [2.75, 3.05) is 69.6 Å². The molecule has 25 heavy (non-hydrogen) atoms. The lowest BCUT2D eigenvalue weighted by Crippen LogP contribution is -2.53. The van der Waals surface area contributed by atoms with Gasteiger partial charge in [-0.3, -0.25) is 9.79 Å². The zero-order chi connectivity index (χ0) is 18.3. The van der Waals surface area contributed by atoms with Crippen LogP contribution in [0.4, 0.5) is 0 Å². The van der Waals surface area contributed by atoms with Crippen LogP contribution in [0.3, 0.4) is 0 Å². The molecule has 1 amide bonds. The van der Waals surface area contributed by atoms with E-state index < -0.39 is 10.0 Å². The molecule has 0 unspecified atom stereocenters. The van der Waals surface area contributed by atoms with E-state index in [9.17, 15) is 13.2 Å². The van der Waals surface area contributed by atoms with Crippen LogP contribution in [-0.4, -0.2) is 104 Å². The van der Waals surface area contributed by atoms with Crippen LogP contribution in [0.15, 0.2) is 4.99 Å². The summed E-state index contributed by atoms with van der Waals surface area (Å²) in [5.74, 6) is 2.60. The highest BCUT2D eigenvalue weighted by Gasteiger charge is 2.24. The van der Waals surface area contributed by atoms with Crippen molar-refractivity contribution in [3.05, 3.63) is 0 Å². The van der Waals surface area contributed by atoms with Gasteiger partial charge in [0, 0.05) is 64.2 Å². The number of aliphatic imine (C=N–C) groups is 1. The first kappa shape index (κ1) is 20.3. The Morgan fingerprint density at radius 3 is 2.24 bits per heavy atom. The SMILES string of the molecule is CCNC(=NCCS(=O)(=O)N1CCSCC1)N1CCN(C(C)=O)CC1. The van der Waals surface area contributed by atoms with Crippen LogP contribution in [0.25, 0.3) is 0 Å². The fraction of sp³-hybridized carbons (Fsp3) is 0.867. The number of nitrogens with zero attached hydrogens (tertiary/aromatic N) is 4. The van der Waals surface area contributed by atoms with E-state index in [4.69, 9.17) is 0 Å². The fourth-order valence-electron chi connectivity index (χ4n) is 2.88. The van der Waals surface area contributed by atoms with Gasteiger partial charge in [-0.05, 0) is 6.92 Å². The summed E-state index contributed by atoms with van der Waals surface area (Å²) in [5, 5.41) is 3.22. The monoisotopic (exact) mass is 391 g/mol. The number of thioether (sulfide) groups is 1. The number of nitrogens with one attached hydrogen (secondary N) is 1. The molecule has 2 aliphatic heterocycles. The van der Waals surface area contributed by atoms with Crippen molar-refractivity contribution in [1.29, 1.82) is 0 Å². The van der Waals surface area contributed by atoms with E-state index in [-0.39, 0.29) is 18.2 Å². The minimum atomic E-state index is -3.23. The lowest BCUT2D eigenvalue weighted by molar-refractivity contribution is -0.130. The molecular formula is C15H29N5O3S2. The summed E-state index contributed by atoms with van der Waals surface area (Å²) in [4.78, 5) is 19.8. The molecule has 2 saturated heterocycles. The van der Waals surface area contributed by atoms with E-state index in [2.05, 4.69) is 15.2 Å². The van der Waals surface area contributed by atoms with E-state index in [0.29, 0.717) is 39.3 Å². The van der Waals surface area contributed by atoms with Gasteiger partial charge in [0.15, 0.2) is 5.96 Å². The zero-order valence-electron chi connectivity index (χ0n) is 15.1. The summed E-state index contributed by atoms with van der Waals surface area (Å²) in [6.45, 7) is 8.51. The van der Waals surface area contributed by atoms with E-state index in [1.807, 2.05) is 11.8 Å². The number of carbonyl (C=O) groups is 1. The van der Waals surface area contributed by atoms with Crippen LogP contribution in [0.1, 0.15) is 13.8 Å². The first-order valence-corrected chi connectivity index (χ1v) is 11.5. The highest BCUT2D eigenvalue weighted by atomic mass is 32.2. The number of sulfonamides is 1. The van der Waals surface area contributed by atoms with Gasteiger partial charge in [-0.15, -0.1) is 0 Å². The Kier molecular flexibility index (Phi) is 7.82. The lowest BCUT2D eigenvalue weighted by atomic mass is 10.3. The molecule has 0 aliphatic carbocycles. The van der Waals surface area contributed by atoms with Gasteiger partial charge in [-0.1, -0.05) is 0 Å². The standard InChI is InChI=1S/C15H29N5O3S2/c1-3-16-15(19-7-5-18(6-8-19)14(2)21)17-4-13-25(22,23)20-9-11-24-12-10-20/h3-13H2,1-2H3,(H,16,17). The molecule has 144 valence electrons. The molecule has 0 spiro atoms. The van der Waals surface area contributed by atoms with E-state index in [1.54, 1.807) is 23.0 Å². The highest BCUT2D eigenvalue weighted by molar-refractivity contribution is 7.99. The first-order chi connectivity index (χ1) is 11.9. The van der Waals surface area contributed by atoms with E-state index >= 15 is 0 Å². The Labute approximate surface area is 155 Å². The summed E-state index contributed by atoms with van der Waals surface area (Å²) in [6, 6.07) is 0. The molecule has 0 aromatic heterocycles. The quantitative estimate of drug-likeness (QED) is 0.502. The lowest BCUT2D eigenvalue weighted by Gasteiger charge is -2.36. The van der Waals surface area contributed by atoms with Crippen molar-refractivity contribution in [2.24, 2.45) is 4.99 Å². The Hall–Kier alpha value is -1.00. The molecule has 2 fully saturated rings. The molecule has 10 heteroatoms. The van der Waals surface area contributed by atoms with Gasteiger partial charge in [0.25, 0.3) is 0 Å². The van der Waals surface area contributed by atoms with Gasteiger partial charge in [-0.2, -0.15) is 11.8 Å². The molecule has 0 atom stereocenters. The number of hydrogen-bond acceptors (Lipinski definition) is 5. The van der Waals surface area contributed by atoms with Crippen LogP contribution in [0.5, 0.6) is 0 Å². The molecule has 0 saturated carbocycles. The molecule has 1 N–H and O–H groups in total. The smallest absolute Gasteiger partial charge is 0.219 e. The second-order valence-corrected chi connectivity index (χ2v) is 9.37. The zero-order valence-corrected chi connectivity index (χ0v) is 16.7. The van der Waals surface area contributed by atoms with E-state index in [1.165, 1.54) is 0 Å². The largest absolute Gasteiger partial charge is 0.357 e. The third-order valence-electron chi connectivity index (χ3n) is 4.33. The maximum Gasteiger partial charge on any atom is 0.219 e. The molecule has 0 radical (unpaired) electrons. The first-order valence-electron chi connectivity index (χ1n) is 8.78. The number of carbonyl (C=O) groups excluding carboxylic acids is 1. The third-order valence-corrected chi connectivity index (χ3v) is 7.13. The van der Waals surface area contributed by atoms with Gasteiger partial charge >= 0.3 is 0 Å². The molecule has 2 aliphatic rings. The molecule has 0 aromatic carbocycles. The maximum atomic E-state index is 12.4. The number of rotatable bonds is 5. The Morgan fingerprint density at radius 1 is 1.08 bits per heavy atom. The van der Waals surface area contributed by atoms with Gasteiger partial charge in [0.05, 0.1) is 12.3 Å². The van der Waals surface area contributed by atoms with Crippen LogP contribution in [-0.2, 0) is 14.8 Å². The Bertz CT molecular complexity index is 568. The van der Waals surface area contributed by atoms with Gasteiger partial charge in [0.1, 0.15) is 0 Å². The Morgan fingerprint density at radius 2 is 1.68 bits per heavy atom. The number of hydrogen-bond donors (Lipinski definition) is 1. The molecule has 2 rings (SSSR count). The van der Waals surface area contributed by atoms with Crippen LogP contribution < -0.4 is 5.32 Å². The van der Waals surface area contributed by atoms with Crippen LogP contribution in [0.2, 0.25) is 0 Å². The molecular weight excluding hydrogens is 362 g/mol. The number of guanidine groups is 1. The number of piperazine rings is 1. The second-order valence-electron chi connectivity index (χ2n) is 6.06. The van der Waals surface area contributed by atoms with Gasteiger partial charge in [0.2, 0.25) is 15.9 Å². The third kappa shape index (κ3) is 6.03. The summed E-state index contributed by atoms with van der Waals surface area (Å²) in [7, 11) is -3.23. The van der Waals surface area contributed by atoms with Crippen molar-refractivity contribution < 1.29 is 13.2 Å². The van der Waals surface area contributed by atoms with Gasteiger partial charge < -0.3 is 15.1 Å². The molecule has 2 heterocycles. The maximum absolute atomic E-state index is 12.4. The van der Waals surface area contributed by atoms with Crippen molar-refractivity contribution in [2.45, 2.75) is 13.8 Å². The Balaban J connectivity index is 1.90. The topological polar surface area (TPSA) is 85.3 Å². The summed E-state index contributed by atoms with van der Waals surface area (Å²) >= 11 is 1.79. The highest BCUT2D eigenvalue weighted by Crippen LogP contribution is 2.13. The van der Waals surface area contributed by atoms with Crippen LogP contribution in [0, 0.1) is 0 Å². The summed E-state index contributed by atoms with van der Waals surface area (Å²) < 4.78 is 26.4. The van der Waals surface area contributed by atoms with Crippen molar-refractivity contribution in [3.63, 3.8) is 0 Å². The van der Waals surface area contributed by atoms with E-state index in [0.717, 1.165) is 24.0 Å². The molecule has 8 nitrogen and oxygen atoms in total. The number of amides is 1. The van der Waals surface area contributed by atoms with Crippen molar-refractivity contribution in [1.82, 2.24) is 19.4 Å². The summed E-state index contributed by atoms with van der Waals surface area (Å²) in [5.41, 5.74) is 0. The normalized spacial score (nSPS) is 20.6. The molecule has 0 aromatic rings. The fourth-order valence-corrected chi connectivity index (χ4v) is 5.33. The molecule has 0 bridgehead atoms. The minimum Gasteiger partial charge on any atom is -0.357 e. The van der Waals surface area contributed by atoms with Crippen molar-refractivity contribution >= 4 is 33.7 Å². The summed E-state index contributed by atoms with van der Waals surface area (Å²) in [6.07, 6.45) is 0. The predicted molar refractivity (Wildman–Crippen MR) is 102 cm³/mol.